The maximum Gasteiger partial charge on any atom is 0.335 e. The van der Waals surface area contributed by atoms with Gasteiger partial charge in [-0.05, 0) is 42.1 Å². The highest BCUT2D eigenvalue weighted by atomic mass is 32.1. The molecular weight excluding hydrogens is 276 g/mol. The van der Waals surface area contributed by atoms with Crippen LogP contribution in [0.15, 0.2) is 35.7 Å². The Bertz CT molecular complexity index is 623. The van der Waals surface area contributed by atoms with Crippen molar-refractivity contribution in [1.29, 1.82) is 0 Å². The Morgan fingerprint density at radius 2 is 2.10 bits per heavy atom. The van der Waals surface area contributed by atoms with Gasteiger partial charge in [-0.1, -0.05) is 6.07 Å². The third-order valence-electron chi connectivity index (χ3n) is 2.72. The number of benzene rings is 1. The Balaban J connectivity index is 1.95. The second-order valence-electron chi connectivity index (χ2n) is 4.22. The van der Waals surface area contributed by atoms with Crippen molar-refractivity contribution in [2.75, 3.05) is 5.32 Å². The predicted octanol–water partition coefficient (Wildman–Crippen LogP) is 3.08. The van der Waals surface area contributed by atoms with Crippen LogP contribution in [-0.4, -0.2) is 17.1 Å². The van der Waals surface area contributed by atoms with Crippen LogP contribution in [0.1, 0.15) is 20.8 Å². The summed E-state index contributed by atoms with van der Waals surface area (Å²) in [5, 5.41) is 16.3. The van der Waals surface area contributed by atoms with Crippen molar-refractivity contribution in [1.82, 2.24) is 5.32 Å². The molecule has 20 heavy (non-hydrogen) atoms. The Kier molecular flexibility index (Phi) is 4.37. The smallest absolute Gasteiger partial charge is 0.335 e. The SMILES string of the molecule is Cc1cc(C(=O)O)ccc1NC(=O)NCc1cccs1. The van der Waals surface area contributed by atoms with Gasteiger partial charge in [0.2, 0.25) is 0 Å². The second kappa shape index (κ2) is 6.21. The van der Waals surface area contributed by atoms with Crippen molar-refractivity contribution in [2.45, 2.75) is 13.5 Å². The van der Waals surface area contributed by atoms with E-state index in [0.29, 0.717) is 17.8 Å². The lowest BCUT2D eigenvalue weighted by Crippen LogP contribution is -2.28. The molecule has 1 aromatic carbocycles. The molecule has 0 radical (unpaired) electrons. The summed E-state index contributed by atoms with van der Waals surface area (Å²) in [7, 11) is 0. The van der Waals surface area contributed by atoms with Gasteiger partial charge < -0.3 is 15.7 Å². The number of aromatic carboxylic acids is 1. The Labute approximate surface area is 120 Å². The average molecular weight is 290 g/mol. The van der Waals surface area contributed by atoms with E-state index in [1.54, 1.807) is 24.3 Å². The minimum absolute atomic E-state index is 0.201. The molecule has 104 valence electrons. The first-order valence-electron chi connectivity index (χ1n) is 5.97. The molecule has 0 bridgehead atoms. The largest absolute Gasteiger partial charge is 0.478 e. The Morgan fingerprint density at radius 1 is 1.30 bits per heavy atom. The second-order valence-corrected chi connectivity index (χ2v) is 5.25. The number of nitrogens with one attached hydrogen (secondary N) is 2. The standard InChI is InChI=1S/C14H14N2O3S/c1-9-7-10(13(17)18)4-5-12(9)16-14(19)15-8-11-3-2-6-20-11/h2-7H,8H2,1H3,(H,17,18)(H2,15,16,19). The molecule has 0 spiro atoms. The van der Waals surface area contributed by atoms with Gasteiger partial charge in [-0.3, -0.25) is 0 Å². The Hall–Kier alpha value is -2.34. The summed E-state index contributed by atoms with van der Waals surface area (Å²) in [6.45, 7) is 2.22. The molecule has 0 saturated heterocycles. The van der Waals surface area contributed by atoms with Crippen LogP contribution in [0, 0.1) is 6.92 Å². The zero-order valence-corrected chi connectivity index (χ0v) is 11.7. The maximum absolute atomic E-state index is 11.7. The van der Waals surface area contributed by atoms with Gasteiger partial charge in [-0.2, -0.15) is 0 Å². The molecule has 0 unspecified atom stereocenters. The molecule has 0 saturated carbocycles. The van der Waals surface area contributed by atoms with E-state index in [9.17, 15) is 9.59 Å². The number of carboxylic acid groups (broad SMARTS) is 1. The number of carbonyl (C=O) groups is 2. The average Bonchev–Trinajstić information content (AvgIpc) is 2.91. The van der Waals surface area contributed by atoms with Crippen LogP contribution in [0.2, 0.25) is 0 Å². The molecule has 0 aliphatic heterocycles. The quantitative estimate of drug-likeness (QED) is 0.809. The molecule has 0 fully saturated rings. The highest BCUT2D eigenvalue weighted by molar-refractivity contribution is 7.09. The van der Waals surface area contributed by atoms with Crippen molar-refractivity contribution >= 4 is 29.0 Å². The molecule has 5 nitrogen and oxygen atoms in total. The van der Waals surface area contributed by atoms with E-state index in [2.05, 4.69) is 10.6 Å². The van der Waals surface area contributed by atoms with Gasteiger partial charge in [-0.15, -0.1) is 11.3 Å². The van der Waals surface area contributed by atoms with Gasteiger partial charge in [0.1, 0.15) is 0 Å². The molecule has 0 aliphatic rings. The summed E-state index contributed by atoms with van der Waals surface area (Å²) in [5.41, 5.74) is 1.50. The Morgan fingerprint density at radius 3 is 2.70 bits per heavy atom. The number of urea groups is 1. The molecule has 0 atom stereocenters. The number of hydrogen-bond acceptors (Lipinski definition) is 3. The molecule has 2 rings (SSSR count). The lowest BCUT2D eigenvalue weighted by Gasteiger charge is -2.10. The van der Waals surface area contributed by atoms with Gasteiger partial charge in [0, 0.05) is 10.6 Å². The number of thiophene rings is 1. The van der Waals surface area contributed by atoms with E-state index in [4.69, 9.17) is 5.11 Å². The number of aryl methyl sites for hydroxylation is 1. The van der Waals surface area contributed by atoms with E-state index in [0.717, 1.165) is 4.88 Å². The summed E-state index contributed by atoms with van der Waals surface area (Å²) in [6.07, 6.45) is 0. The summed E-state index contributed by atoms with van der Waals surface area (Å²) < 4.78 is 0. The third-order valence-corrected chi connectivity index (χ3v) is 3.60. The lowest BCUT2D eigenvalue weighted by atomic mass is 10.1. The van der Waals surface area contributed by atoms with Gasteiger partial charge in [0.25, 0.3) is 0 Å². The van der Waals surface area contributed by atoms with E-state index < -0.39 is 5.97 Å². The number of anilines is 1. The molecule has 3 N–H and O–H groups in total. The van der Waals surface area contributed by atoms with Crippen LogP contribution in [0.4, 0.5) is 10.5 Å². The first kappa shape index (κ1) is 14.1. The number of rotatable bonds is 4. The van der Waals surface area contributed by atoms with Crippen molar-refractivity contribution in [3.8, 4) is 0 Å². The molecule has 2 amide bonds. The number of amides is 2. The molecular formula is C14H14N2O3S. The predicted molar refractivity (Wildman–Crippen MR) is 78.3 cm³/mol. The van der Waals surface area contributed by atoms with Crippen LogP contribution in [0.25, 0.3) is 0 Å². The summed E-state index contributed by atoms with van der Waals surface area (Å²) in [5.74, 6) is -0.984. The number of hydrogen-bond donors (Lipinski definition) is 3. The zero-order valence-electron chi connectivity index (χ0n) is 10.8. The van der Waals surface area contributed by atoms with Crippen molar-refractivity contribution in [3.05, 3.63) is 51.7 Å². The molecule has 1 aromatic heterocycles. The zero-order chi connectivity index (χ0) is 14.5. The number of carbonyl (C=O) groups excluding carboxylic acids is 1. The molecule has 6 heteroatoms. The van der Waals surface area contributed by atoms with Crippen LogP contribution in [0.3, 0.4) is 0 Å². The van der Waals surface area contributed by atoms with Crippen LogP contribution in [0.5, 0.6) is 0 Å². The summed E-state index contributed by atoms with van der Waals surface area (Å²) in [6, 6.07) is 8.13. The van der Waals surface area contributed by atoms with Crippen molar-refractivity contribution < 1.29 is 14.7 Å². The van der Waals surface area contributed by atoms with E-state index in [1.807, 2.05) is 17.5 Å². The van der Waals surface area contributed by atoms with Crippen molar-refractivity contribution in [3.63, 3.8) is 0 Å². The minimum Gasteiger partial charge on any atom is -0.478 e. The number of carboxylic acids is 1. The summed E-state index contributed by atoms with van der Waals surface area (Å²) >= 11 is 1.57. The van der Waals surface area contributed by atoms with Crippen LogP contribution in [-0.2, 0) is 6.54 Å². The third kappa shape index (κ3) is 3.58. The fourth-order valence-corrected chi connectivity index (χ4v) is 2.33. The van der Waals surface area contributed by atoms with Gasteiger partial charge in [0.05, 0.1) is 12.1 Å². The maximum atomic E-state index is 11.7. The van der Waals surface area contributed by atoms with Crippen LogP contribution >= 0.6 is 11.3 Å². The summed E-state index contributed by atoms with van der Waals surface area (Å²) in [4.78, 5) is 23.6. The molecule has 1 heterocycles. The van der Waals surface area contributed by atoms with E-state index in [-0.39, 0.29) is 11.6 Å². The highest BCUT2D eigenvalue weighted by Crippen LogP contribution is 2.16. The van der Waals surface area contributed by atoms with E-state index in [1.165, 1.54) is 12.1 Å². The first-order chi connectivity index (χ1) is 9.56. The van der Waals surface area contributed by atoms with Gasteiger partial charge in [0.15, 0.2) is 0 Å². The highest BCUT2D eigenvalue weighted by Gasteiger charge is 2.08. The monoisotopic (exact) mass is 290 g/mol. The first-order valence-corrected chi connectivity index (χ1v) is 6.85. The minimum atomic E-state index is -0.984. The van der Waals surface area contributed by atoms with Crippen LogP contribution < -0.4 is 10.6 Å². The van der Waals surface area contributed by atoms with Gasteiger partial charge >= 0.3 is 12.0 Å². The molecule has 2 aromatic rings. The fourth-order valence-electron chi connectivity index (χ4n) is 1.68. The molecule has 0 aliphatic carbocycles. The lowest BCUT2D eigenvalue weighted by molar-refractivity contribution is 0.0697. The normalized spacial score (nSPS) is 10.1. The van der Waals surface area contributed by atoms with E-state index >= 15 is 0 Å². The van der Waals surface area contributed by atoms with Crippen molar-refractivity contribution in [2.24, 2.45) is 0 Å². The topological polar surface area (TPSA) is 78.4 Å². The fraction of sp³-hybridized carbons (Fsp3) is 0.143. The van der Waals surface area contributed by atoms with Gasteiger partial charge in [-0.25, -0.2) is 9.59 Å².